The summed E-state index contributed by atoms with van der Waals surface area (Å²) >= 11 is 0. The molecular formula is C20H25N3O3. The summed E-state index contributed by atoms with van der Waals surface area (Å²) in [5.41, 5.74) is 1.42. The van der Waals surface area contributed by atoms with Crippen LogP contribution in [0.1, 0.15) is 49.2 Å². The summed E-state index contributed by atoms with van der Waals surface area (Å²) in [6.07, 6.45) is 3.05. The highest BCUT2D eigenvalue weighted by Crippen LogP contribution is 2.26. The Labute approximate surface area is 153 Å². The van der Waals surface area contributed by atoms with Crippen LogP contribution in [0.4, 0.5) is 0 Å². The smallest absolute Gasteiger partial charge is 0.278 e. The Hall–Kier alpha value is -2.63. The van der Waals surface area contributed by atoms with Crippen molar-refractivity contribution in [2.24, 2.45) is 0 Å². The molecule has 1 fully saturated rings. The molecule has 0 N–H and O–H groups in total. The number of piperidine rings is 1. The molecule has 1 amide bonds. The van der Waals surface area contributed by atoms with Crippen molar-refractivity contribution in [3.8, 4) is 11.4 Å². The SMILES string of the molecule is COc1cc(=O)n(-c2ccccc2C)nc1C(=O)N1[C@@H](C)CCC[C@@H]1C. The molecule has 0 saturated carbocycles. The average molecular weight is 355 g/mol. The Balaban J connectivity index is 2.12. The highest BCUT2D eigenvalue weighted by molar-refractivity contribution is 5.95. The second kappa shape index (κ2) is 7.32. The fraction of sp³-hybridized carbons (Fsp3) is 0.450. The maximum absolute atomic E-state index is 13.2. The summed E-state index contributed by atoms with van der Waals surface area (Å²) in [6, 6.07) is 9.08. The third-order valence-corrected chi connectivity index (χ3v) is 5.09. The molecular weight excluding hydrogens is 330 g/mol. The van der Waals surface area contributed by atoms with Crippen LogP contribution in [0.2, 0.25) is 0 Å². The highest BCUT2D eigenvalue weighted by atomic mass is 16.5. The Morgan fingerprint density at radius 2 is 1.85 bits per heavy atom. The minimum Gasteiger partial charge on any atom is -0.494 e. The van der Waals surface area contributed by atoms with Gasteiger partial charge in [0.1, 0.15) is 0 Å². The van der Waals surface area contributed by atoms with E-state index in [4.69, 9.17) is 4.74 Å². The summed E-state index contributed by atoms with van der Waals surface area (Å²) in [4.78, 5) is 27.6. The van der Waals surface area contributed by atoms with Crippen molar-refractivity contribution >= 4 is 5.91 Å². The number of methoxy groups -OCH3 is 1. The van der Waals surface area contributed by atoms with Crippen LogP contribution in [0.15, 0.2) is 35.1 Å². The third kappa shape index (κ3) is 3.23. The highest BCUT2D eigenvalue weighted by Gasteiger charge is 2.32. The molecule has 1 aliphatic heterocycles. The van der Waals surface area contributed by atoms with Crippen molar-refractivity contribution in [2.75, 3.05) is 7.11 Å². The Morgan fingerprint density at radius 1 is 1.19 bits per heavy atom. The summed E-state index contributed by atoms with van der Waals surface area (Å²) in [6.45, 7) is 6.01. The van der Waals surface area contributed by atoms with Crippen molar-refractivity contribution < 1.29 is 9.53 Å². The van der Waals surface area contributed by atoms with E-state index in [0.29, 0.717) is 5.69 Å². The molecule has 0 bridgehead atoms. The molecule has 0 aliphatic carbocycles. The Kier molecular flexibility index (Phi) is 5.11. The van der Waals surface area contributed by atoms with E-state index in [2.05, 4.69) is 18.9 Å². The van der Waals surface area contributed by atoms with E-state index in [-0.39, 0.29) is 35.0 Å². The number of para-hydroxylation sites is 1. The molecule has 1 aromatic heterocycles. The van der Waals surface area contributed by atoms with Crippen molar-refractivity contribution in [3.63, 3.8) is 0 Å². The van der Waals surface area contributed by atoms with Crippen LogP contribution >= 0.6 is 0 Å². The number of hydrogen-bond donors (Lipinski definition) is 0. The first-order valence-electron chi connectivity index (χ1n) is 9.01. The lowest BCUT2D eigenvalue weighted by Gasteiger charge is -2.38. The summed E-state index contributed by atoms with van der Waals surface area (Å²) in [5.74, 6) is 0.0266. The lowest BCUT2D eigenvalue weighted by Crippen LogP contribution is -2.48. The molecule has 2 heterocycles. The lowest BCUT2D eigenvalue weighted by atomic mass is 9.97. The number of carbonyl (C=O) groups excluding carboxylic acids is 1. The molecule has 2 atom stereocenters. The van der Waals surface area contributed by atoms with E-state index >= 15 is 0 Å². The summed E-state index contributed by atoms with van der Waals surface area (Å²) in [5, 5.41) is 4.41. The molecule has 6 nitrogen and oxygen atoms in total. The number of rotatable bonds is 3. The zero-order valence-corrected chi connectivity index (χ0v) is 15.7. The molecule has 26 heavy (non-hydrogen) atoms. The molecule has 138 valence electrons. The number of likely N-dealkylation sites (tertiary alicyclic amines) is 1. The van der Waals surface area contributed by atoms with Crippen molar-refractivity contribution in [1.29, 1.82) is 0 Å². The van der Waals surface area contributed by atoms with Gasteiger partial charge in [-0.25, -0.2) is 0 Å². The van der Waals surface area contributed by atoms with E-state index < -0.39 is 0 Å². The van der Waals surface area contributed by atoms with E-state index in [1.54, 1.807) is 0 Å². The number of carbonyl (C=O) groups is 1. The number of ether oxygens (including phenoxy) is 1. The van der Waals surface area contributed by atoms with Gasteiger partial charge in [0.05, 0.1) is 18.9 Å². The number of nitrogens with zero attached hydrogens (tertiary/aromatic N) is 3. The Morgan fingerprint density at radius 3 is 2.46 bits per heavy atom. The van der Waals surface area contributed by atoms with Crippen molar-refractivity contribution in [1.82, 2.24) is 14.7 Å². The van der Waals surface area contributed by atoms with Gasteiger partial charge in [0.2, 0.25) is 0 Å². The van der Waals surface area contributed by atoms with Crippen molar-refractivity contribution in [3.05, 3.63) is 51.9 Å². The van der Waals surface area contributed by atoms with Gasteiger partial charge in [-0.15, -0.1) is 0 Å². The molecule has 0 radical (unpaired) electrons. The largest absolute Gasteiger partial charge is 0.494 e. The number of hydrogen-bond acceptors (Lipinski definition) is 4. The van der Waals surface area contributed by atoms with Gasteiger partial charge in [-0.1, -0.05) is 18.2 Å². The van der Waals surface area contributed by atoms with Crippen LogP contribution < -0.4 is 10.3 Å². The Bertz CT molecular complexity index is 865. The average Bonchev–Trinajstić information content (AvgIpc) is 2.62. The van der Waals surface area contributed by atoms with Gasteiger partial charge < -0.3 is 9.64 Å². The van der Waals surface area contributed by atoms with Gasteiger partial charge in [0.25, 0.3) is 11.5 Å². The zero-order valence-electron chi connectivity index (χ0n) is 15.7. The number of aromatic nitrogens is 2. The maximum atomic E-state index is 13.2. The molecule has 0 spiro atoms. The lowest BCUT2D eigenvalue weighted by molar-refractivity contribution is 0.0498. The summed E-state index contributed by atoms with van der Waals surface area (Å²) in [7, 11) is 1.45. The second-order valence-corrected chi connectivity index (χ2v) is 6.94. The number of benzene rings is 1. The maximum Gasteiger partial charge on any atom is 0.278 e. The zero-order chi connectivity index (χ0) is 18.8. The molecule has 2 aromatic rings. The predicted octanol–water partition coefficient (Wildman–Crippen LogP) is 2.95. The van der Waals surface area contributed by atoms with Crippen LogP contribution in [0, 0.1) is 6.92 Å². The predicted molar refractivity (Wildman–Crippen MR) is 100 cm³/mol. The first-order chi connectivity index (χ1) is 12.4. The minimum absolute atomic E-state index is 0.136. The van der Waals surface area contributed by atoms with E-state index in [1.165, 1.54) is 17.9 Å². The van der Waals surface area contributed by atoms with Crippen LogP contribution in [0.5, 0.6) is 5.75 Å². The summed E-state index contributed by atoms with van der Waals surface area (Å²) < 4.78 is 6.59. The van der Waals surface area contributed by atoms with E-state index in [0.717, 1.165) is 24.8 Å². The van der Waals surface area contributed by atoms with Gasteiger partial charge in [-0.2, -0.15) is 9.78 Å². The first-order valence-corrected chi connectivity index (χ1v) is 9.01. The van der Waals surface area contributed by atoms with Gasteiger partial charge in [0, 0.05) is 12.1 Å². The first kappa shape index (κ1) is 18.2. The van der Waals surface area contributed by atoms with Crippen LogP contribution in [0.3, 0.4) is 0 Å². The van der Waals surface area contributed by atoms with Gasteiger partial charge in [-0.3, -0.25) is 9.59 Å². The monoisotopic (exact) mass is 355 g/mol. The molecule has 0 unspecified atom stereocenters. The van der Waals surface area contributed by atoms with Crippen LogP contribution in [0.25, 0.3) is 5.69 Å². The number of amides is 1. The third-order valence-electron chi connectivity index (χ3n) is 5.09. The quantitative estimate of drug-likeness (QED) is 0.849. The molecule has 1 aliphatic rings. The van der Waals surface area contributed by atoms with Gasteiger partial charge >= 0.3 is 0 Å². The van der Waals surface area contributed by atoms with E-state index in [1.807, 2.05) is 36.1 Å². The molecule has 6 heteroatoms. The fourth-order valence-electron chi connectivity index (χ4n) is 3.66. The topological polar surface area (TPSA) is 64.4 Å². The van der Waals surface area contributed by atoms with Crippen LogP contribution in [-0.4, -0.2) is 39.8 Å². The van der Waals surface area contributed by atoms with Gasteiger partial charge in [-0.05, 0) is 51.7 Å². The molecule has 3 rings (SSSR count). The molecule has 1 aromatic carbocycles. The minimum atomic E-state index is -0.326. The standard InChI is InChI=1S/C20H25N3O3/c1-13-8-5-6-11-16(13)23-18(24)12-17(26-4)19(21-23)20(25)22-14(2)9-7-10-15(22)3/h5-6,8,11-12,14-15H,7,9-10H2,1-4H3/t14-,15-/m0/s1. The molecule has 1 saturated heterocycles. The van der Waals surface area contributed by atoms with Gasteiger partial charge in [0.15, 0.2) is 11.4 Å². The fourth-order valence-corrected chi connectivity index (χ4v) is 3.66. The van der Waals surface area contributed by atoms with Crippen molar-refractivity contribution in [2.45, 2.75) is 52.1 Å². The second-order valence-electron chi connectivity index (χ2n) is 6.94. The van der Waals surface area contributed by atoms with Crippen LogP contribution in [-0.2, 0) is 0 Å². The normalized spacial score (nSPS) is 20.1. The number of aryl methyl sites for hydroxylation is 1. The van der Waals surface area contributed by atoms with E-state index in [9.17, 15) is 9.59 Å².